The lowest BCUT2D eigenvalue weighted by atomic mass is 9.95. The smallest absolute Gasteiger partial charge is 0.275 e. The SMILES string of the molecule is COCCCN1C(=O)c2[nH]nc(-c3ccc(Cl)cc3Cl)c2C1c1ccccc1[N+](=O)[O-]. The lowest BCUT2D eigenvalue weighted by Crippen LogP contribution is -2.31. The number of carbonyl (C=O) groups excluding carboxylic acids is 1. The van der Waals surface area contributed by atoms with Crippen LogP contribution in [-0.4, -0.2) is 46.2 Å². The highest BCUT2D eigenvalue weighted by molar-refractivity contribution is 6.36. The van der Waals surface area contributed by atoms with Crippen LogP contribution in [0.1, 0.15) is 34.1 Å². The van der Waals surface area contributed by atoms with Gasteiger partial charge in [-0.1, -0.05) is 35.3 Å². The van der Waals surface area contributed by atoms with Crippen molar-refractivity contribution in [1.82, 2.24) is 15.1 Å². The zero-order valence-corrected chi connectivity index (χ0v) is 18.0. The molecule has 2 aromatic carbocycles. The number of aromatic nitrogens is 2. The van der Waals surface area contributed by atoms with E-state index in [0.29, 0.717) is 57.7 Å². The summed E-state index contributed by atoms with van der Waals surface area (Å²) in [6.45, 7) is 0.815. The average molecular weight is 461 g/mol. The number of rotatable bonds is 7. The van der Waals surface area contributed by atoms with Crippen LogP contribution in [-0.2, 0) is 4.74 Å². The molecule has 1 atom stereocenters. The molecule has 31 heavy (non-hydrogen) atoms. The summed E-state index contributed by atoms with van der Waals surface area (Å²) in [6.07, 6.45) is 0.577. The molecule has 0 aliphatic carbocycles. The molecule has 1 unspecified atom stereocenters. The molecule has 1 aliphatic rings. The fourth-order valence-electron chi connectivity index (χ4n) is 3.90. The predicted molar refractivity (Wildman–Crippen MR) is 117 cm³/mol. The van der Waals surface area contributed by atoms with Crippen molar-refractivity contribution in [2.75, 3.05) is 20.3 Å². The molecular weight excluding hydrogens is 443 g/mol. The highest BCUT2D eigenvalue weighted by Crippen LogP contribution is 2.46. The standard InChI is InChI=1S/C21H18Cl2N4O4/c1-31-10-4-9-26-20(14-5-2-3-6-16(14)27(29)30)17-18(24-25-19(17)21(26)28)13-8-7-12(22)11-15(13)23/h2-3,5-8,11,20H,4,9-10H2,1H3,(H,24,25). The molecule has 4 rings (SSSR count). The number of nitro benzene ring substituents is 1. The summed E-state index contributed by atoms with van der Waals surface area (Å²) in [5, 5.41) is 19.7. The van der Waals surface area contributed by atoms with Gasteiger partial charge in [-0.2, -0.15) is 5.10 Å². The van der Waals surface area contributed by atoms with Crippen molar-refractivity contribution < 1.29 is 14.5 Å². The number of aromatic amines is 1. The maximum Gasteiger partial charge on any atom is 0.275 e. The van der Waals surface area contributed by atoms with Crippen molar-refractivity contribution >= 4 is 34.8 Å². The Morgan fingerprint density at radius 1 is 1.26 bits per heavy atom. The van der Waals surface area contributed by atoms with E-state index in [4.69, 9.17) is 27.9 Å². The Hall–Kier alpha value is -2.94. The van der Waals surface area contributed by atoms with Crippen LogP contribution in [0, 0.1) is 10.1 Å². The summed E-state index contributed by atoms with van der Waals surface area (Å²) in [5.41, 5.74) is 2.23. The first-order chi connectivity index (χ1) is 14.9. The number of amides is 1. The maximum atomic E-state index is 13.2. The molecule has 0 fully saturated rings. The Morgan fingerprint density at radius 3 is 2.74 bits per heavy atom. The molecule has 0 bridgehead atoms. The predicted octanol–water partition coefficient (Wildman–Crippen LogP) is 4.87. The number of hydrogen-bond donors (Lipinski definition) is 1. The molecule has 0 saturated carbocycles. The van der Waals surface area contributed by atoms with Crippen molar-refractivity contribution in [3.05, 3.63) is 79.4 Å². The van der Waals surface area contributed by atoms with E-state index >= 15 is 0 Å². The van der Waals surface area contributed by atoms with Gasteiger partial charge in [-0.3, -0.25) is 20.0 Å². The van der Waals surface area contributed by atoms with E-state index in [1.165, 1.54) is 6.07 Å². The summed E-state index contributed by atoms with van der Waals surface area (Å²) in [5.74, 6) is -0.280. The molecule has 0 saturated heterocycles. The number of hydrogen-bond acceptors (Lipinski definition) is 5. The quantitative estimate of drug-likeness (QED) is 0.307. The Kier molecular flexibility index (Phi) is 5.95. The molecular formula is C21H18Cl2N4O4. The third-order valence-corrected chi connectivity index (χ3v) is 5.77. The largest absolute Gasteiger partial charge is 0.385 e. The fourth-order valence-corrected chi connectivity index (χ4v) is 4.40. The molecule has 2 heterocycles. The van der Waals surface area contributed by atoms with Crippen LogP contribution >= 0.6 is 23.2 Å². The first-order valence-electron chi connectivity index (χ1n) is 9.51. The second-order valence-electron chi connectivity index (χ2n) is 7.05. The van der Waals surface area contributed by atoms with Gasteiger partial charge < -0.3 is 9.64 Å². The third-order valence-electron chi connectivity index (χ3n) is 5.23. The van der Waals surface area contributed by atoms with Gasteiger partial charge in [0.2, 0.25) is 0 Å². The lowest BCUT2D eigenvalue weighted by molar-refractivity contribution is -0.385. The van der Waals surface area contributed by atoms with E-state index in [0.717, 1.165) is 0 Å². The van der Waals surface area contributed by atoms with E-state index in [1.54, 1.807) is 48.4 Å². The van der Waals surface area contributed by atoms with Crippen LogP contribution in [0.15, 0.2) is 42.5 Å². The molecule has 3 aromatic rings. The van der Waals surface area contributed by atoms with E-state index in [9.17, 15) is 14.9 Å². The van der Waals surface area contributed by atoms with E-state index in [1.807, 2.05) is 0 Å². The maximum absolute atomic E-state index is 13.2. The van der Waals surface area contributed by atoms with E-state index in [2.05, 4.69) is 10.2 Å². The van der Waals surface area contributed by atoms with Crippen molar-refractivity contribution in [2.24, 2.45) is 0 Å². The molecule has 160 valence electrons. The van der Waals surface area contributed by atoms with E-state index < -0.39 is 11.0 Å². The number of carbonyl (C=O) groups is 1. The topological polar surface area (TPSA) is 101 Å². The van der Waals surface area contributed by atoms with Crippen molar-refractivity contribution in [2.45, 2.75) is 12.5 Å². The van der Waals surface area contributed by atoms with Crippen LogP contribution in [0.5, 0.6) is 0 Å². The number of para-hydroxylation sites is 1. The number of fused-ring (bicyclic) bond motifs is 1. The summed E-state index contributed by atoms with van der Waals surface area (Å²) in [7, 11) is 1.58. The van der Waals surface area contributed by atoms with Gasteiger partial charge in [0.25, 0.3) is 11.6 Å². The summed E-state index contributed by atoms with van der Waals surface area (Å²) in [6, 6.07) is 10.7. The van der Waals surface area contributed by atoms with Crippen LogP contribution in [0.4, 0.5) is 5.69 Å². The van der Waals surface area contributed by atoms with Crippen molar-refractivity contribution in [3.8, 4) is 11.3 Å². The van der Waals surface area contributed by atoms with Gasteiger partial charge >= 0.3 is 0 Å². The Balaban J connectivity index is 1.90. The highest BCUT2D eigenvalue weighted by Gasteiger charge is 2.44. The zero-order valence-electron chi connectivity index (χ0n) is 16.5. The number of halogens is 2. The number of ether oxygens (including phenoxy) is 1. The number of H-pyrrole nitrogens is 1. The van der Waals surface area contributed by atoms with Crippen LogP contribution in [0.2, 0.25) is 10.0 Å². The zero-order chi connectivity index (χ0) is 22.1. The van der Waals surface area contributed by atoms with Crippen LogP contribution < -0.4 is 0 Å². The van der Waals surface area contributed by atoms with Crippen molar-refractivity contribution in [1.29, 1.82) is 0 Å². The molecule has 0 spiro atoms. The molecule has 10 heteroatoms. The van der Waals surface area contributed by atoms with Gasteiger partial charge in [0.1, 0.15) is 11.4 Å². The number of nitro groups is 1. The Morgan fingerprint density at radius 2 is 2.03 bits per heavy atom. The first kappa shape index (κ1) is 21.3. The van der Waals surface area contributed by atoms with Gasteiger partial charge in [-0.05, 0) is 30.7 Å². The summed E-state index contributed by atoms with van der Waals surface area (Å²) >= 11 is 12.4. The van der Waals surface area contributed by atoms with E-state index in [-0.39, 0.29) is 11.6 Å². The Bertz CT molecular complexity index is 1160. The van der Waals surface area contributed by atoms with Gasteiger partial charge in [-0.25, -0.2) is 0 Å². The number of benzene rings is 2. The summed E-state index contributed by atoms with van der Waals surface area (Å²) in [4.78, 5) is 26.1. The monoisotopic (exact) mass is 460 g/mol. The number of methoxy groups -OCH3 is 1. The molecule has 1 N–H and O–H groups in total. The third kappa shape index (κ3) is 3.78. The molecule has 1 aliphatic heterocycles. The second kappa shape index (κ2) is 8.66. The first-order valence-corrected chi connectivity index (χ1v) is 10.3. The molecule has 0 radical (unpaired) electrons. The lowest BCUT2D eigenvalue weighted by Gasteiger charge is -2.26. The van der Waals surface area contributed by atoms with Gasteiger partial charge in [0, 0.05) is 42.5 Å². The Labute approximate surface area is 187 Å². The minimum Gasteiger partial charge on any atom is -0.385 e. The number of nitrogens with zero attached hydrogens (tertiary/aromatic N) is 3. The van der Waals surface area contributed by atoms with Gasteiger partial charge in [-0.15, -0.1) is 0 Å². The molecule has 1 amide bonds. The summed E-state index contributed by atoms with van der Waals surface area (Å²) < 4.78 is 5.12. The second-order valence-corrected chi connectivity index (χ2v) is 7.89. The van der Waals surface area contributed by atoms with Crippen molar-refractivity contribution in [3.63, 3.8) is 0 Å². The molecule has 8 nitrogen and oxygen atoms in total. The highest BCUT2D eigenvalue weighted by atomic mass is 35.5. The van der Waals surface area contributed by atoms with Crippen LogP contribution in [0.3, 0.4) is 0 Å². The fraction of sp³-hybridized carbons (Fsp3) is 0.238. The van der Waals surface area contributed by atoms with Gasteiger partial charge in [0.15, 0.2) is 0 Å². The van der Waals surface area contributed by atoms with Gasteiger partial charge in [0.05, 0.1) is 21.6 Å². The number of nitrogens with one attached hydrogen (secondary N) is 1. The molecule has 1 aromatic heterocycles. The minimum absolute atomic E-state index is 0.0701. The minimum atomic E-state index is -0.693. The van der Waals surface area contributed by atoms with Crippen LogP contribution in [0.25, 0.3) is 11.3 Å². The average Bonchev–Trinajstić information content (AvgIpc) is 3.28. The normalized spacial score (nSPS) is 15.4.